The molecule has 1 atom stereocenters. The van der Waals surface area contributed by atoms with Crippen molar-refractivity contribution in [1.29, 1.82) is 0 Å². The molecular formula is C7H14O. The van der Waals surface area contributed by atoms with Crippen molar-refractivity contribution < 1.29 is 4.79 Å². The number of hydrogen-bond donors (Lipinski definition) is 0. The summed E-state index contributed by atoms with van der Waals surface area (Å²) in [5.41, 5.74) is 0. The Bertz CT molecular complexity index is 66.8. The number of hydrogen-bond acceptors (Lipinski definition) is 1. The van der Waals surface area contributed by atoms with E-state index >= 15 is 0 Å². The van der Waals surface area contributed by atoms with Crippen LogP contribution in [-0.2, 0) is 4.79 Å². The van der Waals surface area contributed by atoms with Crippen LogP contribution in [0.5, 0.6) is 0 Å². The molecule has 0 aromatic rings. The molecule has 0 saturated heterocycles. The van der Waals surface area contributed by atoms with Gasteiger partial charge in [-0.25, -0.2) is 0 Å². The summed E-state index contributed by atoms with van der Waals surface area (Å²) in [6.07, 6.45) is 2.02. The summed E-state index contributed by atoms with van der Waals surface area (Å²) in [5.74, 6) is 0.785. The second kappa shape index (κ2) is 3.65. The quantitative estimate of drug-likeness (QED) is 0.512. The van der Waals surface area contributed by atoms with E-state index in [1.165, 1.54) is 0 Å². The molecular weight excluding hydrogens is 100 g/mol. The molecule has 0 radical (unpaired) electrons. The van der Waals surface area contributed by atoms with E-state index in [0.29, 0.717) is 5.92 Å². The molecule has 0 aliphatic heterocycles. The van der Waals surface area contributed by atoms with Crippen LogP contribution in [-0.4, -0.2) is 6.29 Å². The van der Waals surface area contributed by atoms with Crippen LogP contribution in [0.3, 0.4) is 0 Å². The smallest absolute Gasteiger partial charge is 0.123 e. The van der Waals surface area contributed by atoms with Gasteiger partial charge in [-0.1, -0.05) is 20.8 Å². The Balaban J connectivity index is 3.51. The molecule has 0 aliphatic carbocycles. The maximum absolute atomic E-state index is 10.2. The first kappa shape index (κ1) is 7.67. The van der Waals surface area contributed by atoms with Crippen LogP contribution in [0.15, 0.2) is 0 Å². The summed E-state index contributed by atoms with van der Waals surface area (Å²) < 4.78 is 0. The van der Waals surface area contributed by atoms with Gasteiger partial charge in [0.05, 0.1) is 0 Å². The van der Waals surface area contributed by atoms with E-state index in [2.05, 4.69) is 13.8 Å². The lowest BCUT2D eigenvalue weighted by Gasteiger charge is -2.09. The topological polar surface area (TPSA) is 17.1 Å². The zero-order valence-electron chi connectivity index (χ0n) is 5.85. The highest BCUT2D eigenvalue weighted by atomic mass is 16.1. The molecule has 0 aromatic carbocycles. The molecule has 1 nitrogen and oxygen atoms in total. The summed E-state index contributed by atoms with van der Waals surface area (Å²) >= 11 is 0. The third kappa shape index (κ3) is 2.10. The van der Waals surface area contributed by atoms with Gasteiger partial charge in [0.2, 0.25) is 0 Å². The van der Waals surface area contributed by atoms with Crippen LogP contribution in [0.2, 0.25) is 0 Å². The van der Waals surface area contributed by atoms with Gasteiger partial charge in [-0.3, -0.25) is 0 Å². The highest BCUT2D eigenvalue weighted by Crippen LogP contribution is 2.10. The fraction of sp³-hybridized carbons (Fsp3) is 0.857. The first-order valence-corrected chi connectivity index (χ1v) is 3.17. The number of rotatable bonds is 3. The molecule has 1 unspecified atom stereocenters. The maximum atomic E-state index is 10.2. The van der Waals surface area contributed by atoms with Crippen LogP contribution in [0.1, 0.15) is 27.2 Å². The second-order valence-electron chi connectivity index (χ2n) is 2.45. The summed E-state index contributed by atoms with van der Waals surface area (Å²) in [5, 5.41) is 0. The molecule has 0 aliphatic rings. The van der Waals surface area contributed by atoms with E-state index in [1.54, 1.807) is 0 Å². The van der Waals surface area contributed by atoms with E-state index in [1.807, 2.05) is 6.92 Å². The van der Waals surface area contributed by atoms with Gasteiger partial charge < -0.3 is 4.79 Å². The third-order valence-corrected chi connectivity index (χ3v) is 1.50. The molecule has 0 spiro atoms. The maximum Gasteiger partial charge on any atom is 0.123 e. The van der Waals surface area contributed by atoms with Gasteiger partial charge >= 0.3 is 0 Å². The third-order valence-electron chi connectivity index (χ3n) is 1.50. The minimum Gasteiger partial charge on any atom is -0.303 e. The summed E-state index contributed by atoms with van der Waals surface area (Å²) in [6.45, 7) is 6.18. The Labute approximate surface area is 51.1 Å². The van der Waals surface area contributed by atoms with Crippen molar-refractivity contribution in [3.63, 3.8) is 0 Å². The van der Waals surface area contributed by atoms with Crippen molar-refractivity contribution in [2.24, 2.45) is 11.8 Å². The molecule has 0 bridgehead atoms. The van der Waals surface area contributed by atoms with Crippen LogP contribution in [0, 0.1) is 11.8 Å². The lowest BCUT2D eigenvalue weighted by Crippen LogP contribution is -2.07. The highest BCUT2D eigenvalue weighted by Gasteiger charge is 2.07. The predicted molar refractivity (Wildman–Crippen MR) is 34.7 cm³/mol. The predicted octanol–water partition coefficient (Wildman–Crippen LogP) is 1.87. The minimum atomic E-state index is 0.273. The number of aldehydes is 1. The number of carbonyl (C=O) groups is 1. The average molecular weight is 114 g/mol. The summed E-state index contributed by atoms with van der Waals surface area (Å²) in [4.78, 5) is 10.2. The molecule has 1 heteroatoms. The Hall–Kier alpha value is -0.330. The molecule has 8 heavy (non-hydrogen) atoms. The molecule has 0 heterocycles. The van der Waals surface area contributed by atoms with Gasteiger partial charge in [0, 0.05) is 5.92 Å². The molecule has 0 N–H and O–H groups in total. The second-order valence-corrected chi connectivity index (χ2v) is 2.45. The van der Waals surface area contributed by atoms with E-state index < -0.39 is 0 Å². The van der Waals surface area contributed by atoms with Gasteiger partial charge in [-0.15, -0.1) is 0 Å². The van der Waals surface area contributed by atoms with E-state index in [-0.39, 0.29) is 5.92 Å². The van der Waals surface area contributed by atoms with Gasteiger partial charge in [0.25, 0.3) is 0 Å². The zero-order valence-corrected chi connectivity index (χ0v) is 5.85. The van der Waals surface area contributed by atoms with Crippen molar-refractivity contribution in [2.45, 2.75) is 27.2 Å². The van der Waals surface area contributed by atoms with E-state index in [0.717, 1.165) is 12.7 Å². The van der Waals surface area contributed by atoms with Gasteiger partial charge in [-0.05, 0) is 12.3 Å². The Morgan fingerprint density at radius 2 is 2.00 bits per heavy atom. The Morgan fingerprint density at radius 1 is 1.50 bits per heavy atom. The fourth-order valence-corrected chi connectivity index (χ4v) is 0.725. The fourth-order valence-electron chi connectivity index (χ4n) is 0.725. The normalized spacial score (nSPS) is 14.0. The van der Waals surface area contributed by atoms with Gasteiger partial charge in [0.15, 0.2) is 0 Å². The Morgan fingerprint density at radius 3 is 2.00 bits per heavy atom. The van der Waals surface area contributed by atoms with Gasteiger partial charge in [0.1, 0.15) is 6.29 Å². The minimum absolute atomic E-state index is 0.273. The summed E-state index contributed by atoms with van der Waals surface area (Å²) in [6, 6.07) is 0. The lowest BCUT2D eigenvalue weighted by molar-refractivity contribution is -0.112. The molecule has 0 saturated carbocycles. The Kier molecular flexibility index (Phi) is 3.49. The number of carbonyl (C=O) groups excluding carboxylic acids is 1. The van der Waals surface area contributed by atoms with Gasteiger partial charge in [-0.2, -0.15) is 0 Å². The monoisotopic (exact) mass is 114 g/mol. The van der Waals surface area contributed by atoms with Crippen LogP contribution in [0.25, 0.3) is 0 Å². The SMILES string of the molecule is CCC(C=O)C(C)C. The standard InChI is InChI=1S/C7H14O/c1-4-7(5-8)6(2)3/h5-7H,4H2,1-3H3. The van der Waals surface area contributed by atoms with Crippen molar-refractivity contribution in [2.75, 3.05) is 0 Å². The van der Waals surface area contributed by atoms with Crippen molar-refractivity contribution >= 4 is 6.29 Å². The molecule has 0 rings (SSSR count). The van der Waals surface area contributed by atoms with Crippen LogP contribution in [0.4, 0.5) is 0 Å². The molecule has 0 fully saturated rings. The first-order chi connectivity index (χ1) is 3.72. The average Bonchev–Trinajstić information content (AvgIpc) is 1.69. The largest absolute Gasteiger partial charge is 0.303 e. The highest BCUT2D eigenvalue weighted by molar-refractivity contribution is 5.53. The van der Waals surface area contributed by atoms with Crippen LogP contribution >= 0.6 is 0 Å². The molecule has 48 valence electrons. The zero-order chi connectivity index (χ0) is 6.57. The molecule has 0 aromatic heterocycles. The van der Waals surface area contributed by atoms with E-state index in [4.69, 9.17) is 0 Å². The summed E-state index contributed by atoms with van der Waals surface area (Å²) in [7, 11) is 0. The van der Waals surface area contributed by atoms with Crippen molar-refractivity contribution in [3.8, 4) is 0 Å². The van der Waals surface area contributed by atoms with Crippen molar-refractivity contribution in [1.82, 2.24) is 0 Å². The van der Waals surface area contributed by atoms with E-state index in [9.17, 15) is 4.79 Å². The van der Waals surface area contributed by atoms with Crippen LogP contribution < -0.4 is 0 Å². The lowest BCUT2D eigenvalue weighted by atomic mass is 9.95. The van der Waals surface area contributed by atoms with Crippen molar-refractivity contribution in [3.05, 3.63) is 0 Å². The first-order valence-electron chi connectivity index (χ1n) is 3.17. The molecule has 0 amide bonds.